The van der Waals surface area contributed by atoms with Gasteiger partial charge in [0, 0.05) is 0 Å². The number of aromatic nitrogens is 3. The van der Waals surface area contributed by atoms with Crippen LogP contribution in [0.5, 0.6) is 11.6 Å². The van der Waals surface area contributed by atoms with Crippen LogP contribution in [0.3, 0.4) is 0 Å². The lowest BCUT2D eigenvalue weighted by Crippen LogP contribution is -1.98. The van der Waals surface area contributed by atoms with Crippen LogP contribution in [0.25, 0.3) is 11.1 Å². The van der Waals surface area contributed by atoms with Crippen molar-refractivity contribution in [2.45, 2.75) is 0 Å². The molecule has 0 saturated heterocycles. The van der Waals surface area contributed by atoms with Crippen LogP contribution >= 0.6 is 11.6 Å². The summed E-state index contributed by atoms with van der Waals surface area (Å²) in [5, 5.41) is 10.8. The second-order valence-electron chi connectivity index (χ2n) is 3.64. The maximum atomic E-state index is 10.9. The number of nitrogens with zero attached hydrogens (tertiary/aromatic N) is 4. The molecule has 0 saturated carbocycles. The SMILES string of the molecule is O=[N+]([O-])c1cnc(Cl)nc1Oc1cccc2ocnc12. The van der Waals surface area contributed by atoms with E-state index in [1.165, 1.54) is 6.39 Å². The Morgan fingerprint density at radius 2 is 2.20 bits per heavy atom. The quantitative estimate of drug-likeness (QED) is 0.415. The first-order valence-corrected chi connectivity index (χ1v) is 5.70. The number of hydrogen-bond acceptors (Lipinski definition) is 7. The molecule has 8 nitrogen and oxygen atoms in total. The van der Waals surface area contributed by atoms with E-state index in [4.69, 9.17) is 20.8 Å². The average molecular weight is 293 g/mol. The highest BCUT2D eigenvalue weighted by molar-refractivity contribution is 6.28. The van der Waals surface area contributed by atoms with Crippen molar-refractivity contribution >= 4 is 28.4 Å². The van der Waals surface area contributed by atoms with E-state index in [9.17, 15) is 10.1 Å². The fourth-order valence-electron chi connectivity index (χ4n) is 1.59. The molecule has 0 bridgehead atoms. The number of para-hydroxylation sites is 1. The highest BCUT2D eigenvalue weighted by Crippen LogP contribution is 2.32. The molecule has 3 rings (SSSR count). The first kappa shape index (κ1) is 12.3. The molecule has 0 aliphatic carbocycles. The Balaban J connectivity index is 2.09. The minimum atomic E-state index is -0.658. The summed E-state index contributed by atoms with van der Waals surface area (Å²) in [4.78, 5) is 21.5. The minimum absolute atomic E-state index is 0.155. The van der Waals surface area contributed by atoms with Crippen LogP contribution in [-0.2, 0) is 0 Å². The van der Waals surface area contributed by atoms with Gasteiger partial charge in [0.1, 0.15) is 6.20 Å². The van der Waals surface area contributed by atoms with Crippen molar-refractivity contribution in [2.24, 2.45) is 0 Å². The Morgan fingerprint density at radius 1 is 1.35 bits per heavy atom. The fraction of sp³-hybridized carbons (Fsp3) is 0. The Hall–Kier alpha value is -2.74. The molecule has 0 spiro atoms. The van der Waals surface area contributed by atoms with Crippen LogP contribution in [0.4, 0.5) is 5.69 Å². The standard InChI is InChI=1S/C11H5ClN4O4/c12-11-13-4-6(16(17)18)10(15-11)20-8-3-1-2-7-9(8)14-5-19-7/h1-5H. The maximum absolute atomic E-state index is 10.9. The monoisotopic (exact) mass is 292 g/mol. The zero-order chi connectivity index (χ0) is 14.1. The summed E-state index contributed by atoms with van der Waals surface area (Å²) in [6.07, 6.45) is 2.23. The molecular formula is C11H5ClN4O4. The number of hydrogen-bond donors (Lipinski definition) is 0. The molecule has 3 aromatic rings. The van der Waals surface area contributed by atoms with Crippen molar-refractivity contribution < 1.29 is 14.1 Å². The van der Waals surface area contributed by atoms with Crippen LogP contribution in [0, 0.1) is 10.1 Å². The van der Waals surface area contributed by atoms with Crippen LogP contribution in [0.2, 0.25) is 5.28 Å². The number of oxazole rings is 1. The summed E-state index contributed by atoms with van der Waals surface area (Å²) in [6.45, 7) is 0. The van der Waals surface area contributed by atoms with Gasteiger partial charge in [0.05, 0.1) is 4.92 Å². The van der Waals surface area contributed by atoms with Gasteiger partial charge in [-0.05, 0) is 23.7 Å². The first-order chi connectivity index (χ1) is 9.65. The number of fused-ring (bicyclic) bond motifs is 1. The second kappa shape index (κ2) is 4.74. The lowest BCUT2D eigenvalue weighted by molar-refractivity contribution is -0.386. The van der Waals surface area contributed by atoms with E-state index in [2.05, 4.69) is 15.0 Å². The molecule has 0 aliphatic heterocycles. The highest BCUT2D eigenvalue weighted by atomic mass is 35.5. The number of nitro groups is 1. The molecule has 9 heteroatoms. The zero-order valence-corrected chi connectivity index (χ0v) is 10.4. The molecule has 0 fully saturated rings. The summed E-state index contributed by atoms with van der Waals surface area (Å²) in [5.74, 6) is 0.0135. The molecule has 1 aromatic carbocycles. The second-order valence-corrected chi connectivity index (χ2v) is 3.98. The normalized spacial score (nSPS) is 10.7. The molecule has 0 aliphatic rings. The predicted octanol–water partition coefficient (Wildman–Crippen LogP) is 2.97. The fourth-order valence-corrected chi connectivity index (χ4v) is 1.71. The number of ether oxygens (including phenoxy) is 1. The van der Waals surface area contributed by atoms with Crippen molar-refractivity contribution in [3.05, 3.63) is 46.2 Å². The van der Waals surface area contributed by atoms with Crippen LogP contribution in [0.1, 0.15) is 0 Å². The molecule has 0 amide bonds. The van der Waals surface area contributed by atoms with Crippen LogP contribution in [0.15, 0.2) is 35.2 Å². The van der Waals surface area contributed by atoms with Gasteiger partial charge in [0.2, 0.25) is 5.28 Å². The van der Waals surface area contributed by atoms with E-state index in [0.717, 1.165) is 6.20 Å². The minimum Gasteiger partial charge on any atom is -0.443 e. The van der Waals surface area contributed by atoms with E-state index in [0.29, 0.717) is 11.1 Å². The van der Waals surface area contributed by atoms with Gasteiger partial charge in [-0.3, -0.25) is 10.1 Å². The predicted molar refractivity (Wildman–Crippen MR) is 67.8 cm³/mol. The van der Waals surface area contributed by atoms with Gasteiger partial charge in [0.15, 0.2) is 23.2 Å². The van der Waals surface area contributed by atoms with Gasteiger partial charge in [-0.15, -0.1) is 0 Å². The van der Waals surface area contributed by atoms with E-state index in [1.807, 2.05) is 0 Å². The van der Waals surface area contributed by atoms with Crippen molar-refractivity contribution in [2.75, 3.05) is 0 Å². The number of halogens is 1. The Morgan fingerprint density at radius 3 is 3.00 bits per heavy atom. The van der Waals surface area contributed by atoms with Gasteiger partial charge in [-0.25, -0.2) is 9.97 Å². The average Bonchev–Trinajstić information content (AvgIpc) is 2.88. The molecule has 0 N–H and O–H groups in total. The van der Waals surface area contributed by atoms with E-state index in [-0.39, 0.29) is 16.9 Å². The van der Waals surface area contributed by atoms with Crippen molar-refractivity contribution in [3.63, 3.8) is 0 Å². The third kappa shape index (κ3) is 2.12. The van der Waals surface area contributed by atoms with Gasteiger partial charge >= 0.3 is 11.6 Å². The molecule has 0 radical (unpaired) electrons. The van der Waals surface area contributed by atoms with E-state index >= 15 is 0 Å². The molecule has 0 unspecified atom stereocenters. The summed E-state index contributed by atoms with van der Waals surface area (Å²) in [7, 11) is 0. The topological polar surface area (TPSA) is 104 Å². The third-order valence-corrected chi connectivity index (χ3v) is 2.62. The van der Waals surface area contributed by atoms with Gasteiger partial charge < -0.3 is 9.15 Å². The smallest absolute Gasteiger partial charge is 0.349 e. The Bertz CT molecular complexity index is 804. The zero-order valence-electron chi connectivity index (χ0n) is 9.69. The van der Waals surface area contributed by atoms with E-state index < -0.39 is 10.6 Å². The Labute approximate surface area is 116 Å². The lowest BCUT2D eigenvalue weighted by atomic mass is 10.3. The first-order valence-electron chi connectivity index (χ1n) is 5.32. The van der Waals surface area contributed by atoms with Crippen molar-refractivity contribution in [1.29, 1.82) is 0 Å². The summed E-state index contributed by atoms with van der Waals surface area (Å²) in [5.41, 5.74) is 0.525. The Kier molecular flexibility index (Phi) is 2.92. The van der Waals surface area contributed by atoms with E-state index in [1.54, 1.807) is 18.2 Å². The van der Waals surface area contributed by atoms with Crippen LogP contribution < -0.4 is 4.74 Å². The number of rotatable bonds is 3. The molecular weight excluding hydrogens is 288 g/mol. The number of benzene rings is 1. The van der Waals surface area contributed by atoms with Crippen LogP contribution in [-0.4, -0.2) is 19.9 Å². The summed E-state index contributed by atoms with van der Waals surface area (Å²) in [6, 6.07) is 4.94. The molecule has 0 atom stereocenters. The lowest BCUT2D eigenvalue weighted by Gasteiger charge is -2.05. The van der Waals surface area contributed by atoms with Crippen molar-refractivity contribution in [1.82, 2.24) is 15.0 Å². The van der Waals surface area contributed by atoms with Gasteiger partial charge in [0.25, 0.3) is 0 Å². The third-order valence-electron chi connectivity index (χ3n) is 2.43. The molecule has 2 heterocycles. The highest BCUT2D eigenvalue weighted by Gasteiger charge is 2.20. The van der Waals surface area contributed by atoms with Gasteiger partial charge in [-0.2, -0.15) is 4.98 Å². The maximum Gasteiger partial charge on any atom is 0.349 e. The van der Waals surface area contributed by atoms with Gasteiger partial charge in [-0.1, -0.05) is 6.07 Å². The molecule has 20 heavy (non-hydrogen) atoms. The summed E-state index contributed by atoms with van der Waals surface area (Å²) >= 11 is 5.63. The molecule has 2 aromatic heterocycles. The van der Waals surface area contributed by atoms with Crippen molar-refractivity contribution in [3.8, 4) is 11.6 Å². The summed E-state index contributed by atoms with van der Waals surface area (Å²) < 4.78 is 10.5. The molecule has 100 valence electrons. The largest absolute Gasteiger partial charge is 0.443 e.